The maximum atomic E-state index is 11.5. The van der Waals surface area contributed by atoms with E-state index in [0.29, 0.717) is 6.04 Å². The van der Waals surface area contributed by atoms with E-state index in [9.17, 15) is 4.79 Å². The van der Waals surface area contributed by atoms with Crippen molar-refractivity contribution in [1.82, 2.24) is 15.5 Å². The number of likely N-dealkylation sites (tertiary alicyclic amines) is 1. The Bertz CT molecular complexity index is 785. The van der Waals surface area contributed by atoms with Gasteiger partial charge in [-0.15, -0.1) is 0 Å². The number of carbonyl (C=O) groups excluding carboxylic acids is 1. The van der Waals surface area contributed by atoms with Gasteiger partial charge >= 0.3 is 0 Å². The molecule has 0 saturated carbocycles. The summed E-state index contributed by atoms with van der Waals surface area (Å²) in [5.41, 5.74) is 6.38. The number of anilines is 1. The van der Waals surface area contributed by atoms with Crippen molar-refractivity contribution in [3.63, 3.8) is 0 Å². The van der Waals surface area contributed by atoms with Gasteiger partial charge in [-0.2, -0.15) is 0 Å². The van der Waals surface area contributed by atoms with Crippen molar-refractivity contribution >= 4 is 23.2 Å². The van der Waals surface area contributed by atoms with Gasteiger partial charge in [-0.1, -0.05) is 6.08 Å². The zero-order chi connectivity index (χ0) is 17.9. The molecule has 0 spiro atoms. The van der Waals surface area contributed by atoms with Crippen molar-refractivity contribution in [2.75, 3.05) is 25.0 Å². The van der Waals surface area contributed by atoms with Crippen LogP contribution in [0.3, 0.4) is 0 Å². The number of piperidine rings is 1. The van der Waals surface area contributed by atoms with Gasteiger partial charge in [0.15, 0.2) is 0 Å². The number of rotatable bonds is 3. The number of carbonyl (C=O) groups is 1. The molecule has 136 valence electrons. The van der Waals surface area contributed by atoms with Gasteiger partial charge in [0.25, 0.3) is 0 Å². The summed E-state index contributed by atoms with van der Waals surface area (Å²) in [4.78, 5) is 13.5. The second-order valence-electron chi connectivity index (χ2n) is 7.16. The van der Waals surface area contributed by atoms with E-state index in [1.54, 1.807) is 6.92 Å². The van der Waals surface area contributed by atoms with Gasteiger partial charge < -0.3 is 20.9 Å². The van der Waals surface area contributed by atoms with E-state index in [1.165, 1.54) is 28.0 Å². The molecule has 3 heterocycles. The molecule has 1 saturated heterocycles. The summed E-state index contributed by atoms with van der Waals surface area (Å²) in [6.45, 7) is 5.04. The van der Waals surface area contributed by atoms with E-state index in [-0.39, 0.29) is 5.91 Å². The summed E-state index contributed by atoms with van der Waals surface area (Å²) in [7, 11) is 0. The third kappa shape index (κ3) is 3.47. The normalized spacial score (nSPS) is 19.3. The monoisotopic (exact) mass is 350 g/mol. The predicted octanol–water partition coefficient (Wildman–Crippen LogP) is 2.68. The van der Waals surface area contributed by atoms with Crippen molar-refractivity contribution in [2.45, 2.75) is 32.4 Å². The fraction of sp³-hybridized carbons (Fsp3) is 0.381. The van der Waals surface area contributed by atoms with E-state index < -0.39 is 0 Å². The SMILES string of the molecule is CC(=O)N1CCC(Nc2cc(C3=CC=CNC3)cc3c2CNC=C3)CC1. The van der Waals surface area contributed by atoms with Crippen LogP contribution in [0, 0.1) is 0 Å². The van der Waals surface area contributed by atoms with Gasteiger partial charge in [-0.05, 0) is 66.2 Å². The van der Waals surface area contributed by atoms with E-state index in [0.717, 1.165) is 39.0 Å². The summed E-state index contributed by atoms with van der Waals surface area (Å²) in [6.07, 6.45) is 12.4. The molecule has 0 radical (unpaired) electrons. The number of amides is 1. The number of dihydropyridines is 1. The molecule has 5 heteroatoms. The average Bonchev–Trinajstić information content (AvgIpc) is 2.69. The molecule has 26 heavy (non-hydrogen) atoms. The van der Waals surface area contributed by atoms with Gasteiger partial charge in [0.05, 0.1) is 0 Å². The second kappa shape index (κ2) is 7.28. The highest BCUT2D eigenvalue weighted by Crippen LogP contribution is 2.31. The molecule has 5 nitrogen and oxygen atoms in total. The molecular formula is C21H26N4O. The topological polar surface area (TPSA) is 56.4 Å². The second-order valence-corrected chi connectivity index (χ2v) is 7.16. The lowest BCUT2D eigenvalue weighted by atomic mass is 9.94. The van der Waals surface area contributed by atoms with E-state index in [4.69, 9.17) is 0 Å². The van der Waals surface area contributed by atoms with E-state index >= 15 is 0 Å². The molecule has 1 aromatic rings. The number of nitrogens with one attached hydrogen (secondary N) is 3. The molecule has 4 rings (SSSR count). The standard InChI is InChI=1S/C21H26N4O/c1-15(26)25-9-5-19(6-10-25)24-21-12-18(17-3-2-7-22-13-17)11-16-4-8-23-14-20(16)21/h2-4,7-8,11-12,19,22-24H,5-6,9-10,13-14H2,1H3. The minimum atomic E-state index is 0.182. The lowest BCUT2D eigenvalue weighted by Gasteiger charge is -2.33. The van der Waals surface area contributed by atoms with Crippen LogP contribution in [0.25, 0.3) is 11.6 Å². The van der Waals surface area contributed by atoms with Crippen LogP contribution in [0.5, 0.6) is 0 Å². The predicted molar refractivity (Wildman–Crippen MR) is 106 cm³/mol. The van der Waals surface area contributed by atoms with Crippen LogP contribution in [0.2, 0.25) is 0 Å². The lowest BCUT2D eigenvalue weighted by molar-refractivity contribution is -0.129. The first kappa shape index (κ1) is 16.8. The zero-order valence-electron chi connectivity index (χ0n) is 15.2. The van der Waals surface area contributed by atoms with Gasteiger partial charge in [0.1, 0.15) is 0 Å². The van der Waals surface area contributed by atoms with E-state index in [2.05, 4.69) is 46.3 Å². The minimum Gasteiger partial charge on any atom is -0.387 e. The number of hydrogen-bond acceptors (Lipinski definition) is 4. The largest absolute Gasteiger partial charge is 0.387 e. The molecule has 1 fully saturated rings. The first-order chi connectivity index (χ1) is 12.7. The third-order valence-electron chi connectivity index (χ3n) is 5.42. The van der Waals surface area contributed by atoms with Gasteiger partial charge in [0.2, 0.25) is 5.91 Å². The maximum Gasteiger partial charge on any atom is 0.219 e. The van der Waals surface area contributed by atoms with Crippen LogP contribution >= 0.6 is 0 Å². The number of nitrogens with zero attached hydrogens (tertiary/aromatic N) is 1. The number of benzene rings is 1. The smallest absolute Gasteiger partial charge is 0.219 e. The van der Waals surface area contributed by atoms with Crippen LogP contribution in [-0.4, -0.2) is 36.5 Å². The Hall–Kier alpha value is -2.69. The van der Waals surface area contributed by atoms with E-state index in [1.807, 2.05) is 17.3 Å². The molecule has 0 bridgehead atoms. The van der Waals surface area contributed by atoms with Crippen LogP contribution in [0.1, 0.15) is 36.5 Å². The van der Waals surface area contributed by atoms with Crippen molar-refractivity contribution in [3.8, 4) is 0 Å². The zero-order valence-corrected chi connectivity index (χ0v) is 15.2. The third-order valence-corrected chi connectivity index (χ3v) is 5.42. The molecule has 0 unspecified atom stereocenters. The Labute approximate surface area is 154 Å². The number of hydrogen-bond donors (Lipinski definition) is 3. The Morgan fingerprint density at radius 3 is 2.69 bits per heavy atom. The van der Waals surface area contributed by atoms with Crippen molar-refractivity contribution in [3.05, 3.63) is 53.4 Å². The highest BCUT2D eigenvalue weighted by molar-refractivity contribution is 5.78. The Kier molecular flexibility index (Phi) is 4.69. The fourth-order valence-electron chi connectivity index (χ4n) is 3.88. The van der Waals surface area contributed by atoms with Crippen molar-refractivity contribution in [2.24, 2.45) is 0 Å². The first-order valence-corrected chi connectivity index (χ1v) is 9.39. The highest BCUT2D eigenvalue weighted by Gasteiger charge is 2.22. The highest BCUT2D eigenvalue weighted by atomic mass is 16.2. The molecule has 1 aromatic carbocycles. The van der Waals surface area contributed by atoms with Crippen LogP contribution in [-0.2, 0) is 11.3 Å². The Balaban J connectivity index is 1.58. The molecular weight excluding hydrogens is 324 g/mol. The number of allylic oxidation sites excluding steroid dienone is 2. The van der Waals surface area contributed by atoms with Gasteiger partial charge in [0, 0.05) is 50.4 Å². The van der Waals surface area contributed by atoms with Crippen LogP contribution in [0.4, 0.5) is 5.69 Å². The van der Waals surface area contributed by atoms with Crippen molar-refractivity contribution < 1.29 is 4.79 Å². The van der Waals surface area contributed by atoms with Gasteiger partial charge in [-0.3, -0.25) is 4.79 Å². The summed E-state index contributed by atoms with van der Waals surface area (Å²) >= 11 is 0. The van der Waals surface area contributed by atoms with Crippen LogP contribution < -0.4 is 16.0 Å². The quantitative estimate of drug-likeness (QED) is 0.785. The molecule has 0 atom stereocenters. The summed E-state index contributed by atoms with van der Waals surface area (Å²) in [5, 5.41) is 10.4. The Morgan fingerprint density at radius 2 is 1.96 bits per heavy atom. The fourth-order valence-corrected chi connectivity index (χ4v) is 3.88. The lowest BCUT2D eigenvalue weighted by Crippen LogP contribution is -2.41. The van der Waals surface area contributed by atoms with Crippen molar-refractivity contribution in [1.29, 1.82) is 0 Å². The molecule has 1 amide bonds. The summed E-state index contributed by atoms with van der Waals surface area (Å²) < 4.78 is 0. The maximum absolute atomic E-state index is 11.5. The molecule has 3 aliphatic rings. The van der Waals surface area contributed by atoms with Crippen LogP contribution in [0.15, 0.2) is 36.7 Å². The summed E-state index contributed by atoms with van der Waals surface area (Å²) in [6, 6.07) is 4.97. The number of fused-ring (bicyclic) bond motifs is 1. The first-order valence-electron chi connectivity index (χ1n) is 9.39. The molecule has 3 N–H and O–H groups in total. The summed E-state index contributed by atoms with van der Waals surface area (Å²) in [5.74, 6) is 0.182. The molecule has 0 aromatic heterocycles. The minimum absolute atomic E-state index is 0.182. The molecule has 0 aliphatic carbocycles. The average molecular weight is 350 g/mol. The Morgan fingerprint density at radius 1 is 1.15 bits per heavy atom. The van der Waals surface area contributed by atoms with Gasteiger partial charge in [-0.25, -0.2) is 0 Å². The molecule has 3 aliphatic heterocycles.